The van der Waals surface area contributed by atoms with Crippen LogP contribution in [0.1, 0.15) is 36.5 Å². The van der Waals surface area contributed by atoms with Gasteiger partial charge < -0.3 is 5.32 Å². The molecule has 0 saturated carbocycles. The molecule has 4 heteroatoms. The van der Waals surface area contributed by atoms with E-state index in [1.807, 2.05) is 36.1 Å². The maximum atomic E-state index is 4.34. The summed E-state index contributed by atoms with van der Waals surface area (Å²) >= 11 is 1.67. The molecule has 0 radical (unpaired) electrons. The first kappa shape index (κ1) is 11.2. The first-order valence-electron chi connectivity index (χ1n) is 5.32. The Morgan fingerprint density at radius 3 is 2.75 bits per heavy atom. The molecule has 0 aliphatic rings. The van der Waals surface area contributed by atoms with Gasteiger partial charge in [-0.25, -0.2) is 0 Å². The summed E-state index contributed by atoms with van der Waals surface area (Å²) in [4.78, 5) is 9.68. The summed E-state index contributed by atoms with van der Waals surface area (Å²) in [5.74, 6) is 0. The minimum absolute atomic E-state index is 0.248. The molecule has 0 aromatic carbocycles. The number of pyridine rings is 1. The average Bonchev–Trinajstić information content (AvgIpc) is 2.83. The molecule has 2 atom stereocenters. The molecule has 0 bridgehead atoms. The lowest BCUT2D eigenvalue weighted by Gasteiger charge is -2.18. The standard InChI is InChI=1S/C12H15N3S/c1-9(11-5-3-4-6-14-11)15-10(2)12-7-13-8-16-12/h3-10,15H,1-2H3/t9-,10?/m1/s1. The highest BCUT2D eigenvalue weighted by molar-refractivity contribution is 7.09. The van der Waals surface area contributed by atoms with Crippen molar-refractivity contribution in [3.8, 4) is 0 Å². The highest BCUT2D eigenvalue weighted by atomic mass is 32.1. The predicted molar refractivity (Wildman–Crippen MR) is 66.3 cm³/mol. The molecule has 0 aliphatic heterocycles. The number of nitrogens with zero attached hydrogens (tertiary/aromatic N) is 2. The minimum atomic E-state index is 0.248. The van der Waals surface area contributed by atoms with Crippen LogP contribution in [0.3, 0.4) is 0 Å². The van der Waals surface area contributed by atoms with Crippen LogP contribution in [0.2, 0.25) is 0 Å². The highest BCUT2D eigenvalue weighted by Gasteiger charge is 2.12. The van der Waals surface area contributed by atoms with Crippen LogP contribution >= 0.6 is 11.3 Å². The summed E-state index contributed by atoms with van der Waals surface area (Å²) in [6.45, 7) is 4.27. The molecule has 2 aromatic rings. The summed E-state index contributed by atoms with van der Waals surface area (Å²) in [6.07, 6.45) is 3.73. The zero-order chi connectivity index (χ0) is 11.4. The van der Waals surface area contributed by atoms with Crippen LogP contribution in [0.5, 0.6) is 0 Å². The van der Waals surface area contributed by atoms with Gasteiger partial charge in [-0.15, -0.1) is 11.3 Å². The lowest BCUT2D eigenvalue weighted by atomic mass is 10.2. The van der Waals surface area contributed by atoms with Gasteiger partial charge in [0.25, 0.3) is 0 Å². The van der Waals surface area contributed by atoms with Crippen LogP contribution < -0.4 is 5.32 Å². The predicted octanol–water partition coefficient (Wildman–Crippen LogP) is 2.95. The SMILES string of the molecule is CC(N[C@H](C)c1ccccn1)c1cncs1. The van der Waals surface area contributed by atoms with E-state index in [1.54, 1.807) is 11.3 Å². The van der Waals surface area contributed by atoms with Crippen LogP contribution in [0, 0.1) is 0 Å². The Hall–Kier alpha value is -1.26. The van der Waals surface area contributed by atoms with E-state index < -0.39 is 0 Å². The van der Waals surface area contributed by atoms with Gasteiger partial charge in [0.2, 0.25) is 0 Å². The Labute approximate surface area is 99.6 Å². The van der Waals surface area contributed by atoms with E-state index in [0.29, 0.717) is 6.04 Å². The quantitative estimate of drug-likeness (QED) is 0.882. The summed E-state index contributed by atoms with van der Waals surface area (Å²) in [7, 11) is 0. The third-order valence-corrected chi connectivity index (χ3v) is 3.47. The van der Waals surface area contributed by atoms with Crippen LogP contribution in [-0.2, 0) is 0 Å². The molecule has 2 aromatic heterocycles. The molecule has 0 amide bonds. The van der Waals surface area contributed by atoms with E-state index in [-0.39, 0.29) is 6.04 Å². The first-order valence-corrected chi connectivity index (χ1v) is 6.20. The van der Waals surface area contributed by atoms with E-state index in [4.69, 9.17) is 0 Å². The van der Waals surface area contributed by atoms with E-state index in [1.165, 1.54) is 4.88 Å². The van der Waals surface area contributed by atoms with Crippen molar-refractivity contribution in [2.24, 2.45) is 0 Å². The van der Waals surface area contributed by atoms with Crippen LogP contribution in [0.15, 0.2) is 36.1 Å². The van der Waals surface area contributed by atoms with Crippen molar-refractivity contribution in [1.29, 1.82) is 0 Å². The van der Waals surface area contributed by atoms with Crippen molar-refractivity contribution in [1.82, 2.24) is 15.3 Å². The summed E-state index contributed by atoms with van der Waals surface area (Å²) < 4.78 is 0. The number of hydrogen-bond donors (Lipinski definition) is 1. The smallest absolute Gasteiger partial charge is 0.0794 e. The Bertz CT molecular complexity index is 413. The molecule has 0 aliphatic carbocycles. The Morgan fingerprint density at radius 2 is 2.12 bits per heavy atom. The maximum Gasteiger partial charge on any atom is 0.0794 e. The third kappa shape index (κ3) is 2.65. The number of hydrogen-bond acceptors (Lipinski definition) is 4. The summed E-state index contributed by atoms with van der Waals surface area (Å²) in [5.41, 5.74) is 2.93. The zero-order valence-electron chi connectivity index (χ0n) is 9.42. The minimum Gasteiger partial charge on any atom is -0.301 e. The van der Waals surface area contributed by atoms with Gasteiger partial charge >= 0.3 is 0 Å². The molecular weight excluding hydrogens is 218 g/mol. The normalized spacial score (nSPS) is 14.6. The van der Waals surface area contributed by atoms with E-state index in [0.717, 1.165) is 5.69 Å². The Morgan fingerprint density at radius 1 is 1.25 bits per heavy atom. The van der Waals surface area contributed by atoms with Gasteiger partial charge in [0.1, 0.15) is 0 Å². The zero-order valence-corrected chi connectivity index (χ0v) is 10.2. The summed E-state index contributed by atoms with van der Waals surface area (Å²) in [6, 6.07) is 6.54. The van der Waals surface area contributed by atoms with Gasteiger partial charge in [0.05, 0.1) is 11.2 Å². The third-order valence-electron chi connectivity index (χ3n) is 2.51. The van der Waals surface area contributed by atoms with Gasteiger partial charge in [-0.1, -0.05) is 6.07 Å². The highest BCUT2D eigenvalue weighted by Crippen LogP contribution is 2.20. The topological polar surface area (TPSA) is 37.8 Å². The lowest BCUT2D eigenvalue weighted by Crippen LogP contribution is -2.22. The number of thiazole rings is 1. The van der Waals surface area contributed by atoms with Crippen LogP contribution in [-0.4, -0.2) is 9.97 Å². The fourth-order valence-corrected chi connectivity index (χ4v) is 2.25. The molecular formula is C12H15N3S. The molecule has 0 spiro atoms. The Balaban J connectivity index is 2.00. The van der Waals surface area contributed by atoms with Gasteiger partial charge in [-0.3, -0.25) is 9.97 Å². The van der Waals surface area contributed by atoms with E-state index >= 15 is 0 Å². The van der Waals surface area contributed by atoms with Crippen molar-refractivity contribution < 1.29 is 0 Å². The molecule has 2 rings (SSSR count). The first-order chi connectivity index (χ1) is 7.77. The van der Waals surface area contributed by atoms with Crippen molar-refractivity contribution >= 4 is 11.3 Å². The number of nitrogens with one attached hydrogen (secondary N) is 1. The average molecular weight is 233 g/mol. The molecule has 16 heavy (non-hydrogen) atoms. The lowest BCUT2D eigenvalue weighted by molar-refractivity contribution is 0.491. The van der Waals surface area contributed by atoms with Crippen LogP contribution in [0.4, 0.5) is 0 Å². The number of rotatable bonds is 4. The molecule has 0 saturated heterocycles. The van der Waals surface area contributed by atoms with Gasteiger partial charge in [-0.2, -0.15) is 0 Å². The molecule has 1 N–H and O–H groups in total. The molecule has 1 unspecified atom stereocenters. The van der Waals surface area contributed by atoms with E-state index in [9.17, 15) is 0 Å². The van der Waals surface area contributed by atoms with Crippen molar-refractivity contribution in [2.45, 2.75) is 25.9 Å². The largest absolute Gasteiger partial charge is 0.301 e. The fourth-order valence-electron chi connectivity index (χ4n) is 1.61. The van der Waals surface area contributed by atoms with Gasteiger partial charge in [0.15, 0.2) is 0 Å². The maximum absolute atomic E-state index is 4.34. The molecule has 0 fully saturated rings. The van der Waals surface area contributed by atoms with Crippen molar-refractivity contribution in [3.63, 3.8) is 0 Å². The van der Waals surface area contributed by atoms with E-state index in [2.05, 4.69) is 29.1 Å². The molecule has 2 heterocycles. The molecule has 3 nitrogen and oxygen atoms in total. The summed E-state index contributed by atoms with van der Waals surface area (Å²) in [5, 5.41) is 3.51. The van der Waals surface area contributed by atoms with Gasteiger partial charge in [0, 0.05) is 29.4 Å². The van der Waals surface area contributed by atoms with Gasteiger partial charge in [-0.05, 0) is 26.0 Å². The second kappa shape index (κ2) is 5.18. The van der Waals surface area contributed by atoms with Crippen LogP contribution in [0.25, 0.3) is 0 Å². The number of aromatic nitrogens is 2. The monoisotopic (exact) mass is 233 g/mol. The fraction of sp³-hybridized carbons (Fsp3) is 0.333. The molecule has 84 valence electrons. The second-order valence-electron chi connectivity index (χ2n) is 3.77. The van der Waals surface area contributed by atoms with Crippen molar-refractivity contribution in [3.05, 3.63) is 46.7 Å². The van der Waals surface area contributed by atoms with Crippen molar-refractivity contribution in [2.75, 3.05) is 0 Å². The Kier molecular flexibility index (Phi) is 3.64. The second-order valence-corrected chi connectivity index (χ2v) is 4.69.